The first-order valence-electron chi connectivity index (χ1n) is 6.90. The Morgan fingerprint density at radius 3 is 2.73 bits per heavy atom. The number of anilines is 2. The number of halogens is 2. The second-order valence-electron chi connectivity index (χ2n) is 5.22. The minimum Gasteiger partial charge on any atom is -0.348 e. The van der Waals surface area contributed by atoms with Crippen molar-refractivity contribution in [1.82, 2.24) is 15.3 Å². The Bertz CT molecular complexity index is 731. The Morgan fingerprint density at radius 1 is 1.23 bits per heavy atom. The molecule has 22 heavy (non-hydrogen) atoms. The number of hydrogen-bond donors (Lipinski definition) is 2. The van der Waals surface area contributed by atoms with E-state index in [2.05, 4.69) is 20.6 Å². The molecule has 3 rings (SSSR count). The van der Waals surface area contributed by atoms with Crippen molar-refractivity contribution in [3.8, 4) is 0 Å². The Hall–Kier alpha value is -1.85. The van der Waals surface area contributed by atoms with E-state index < -0.39 is 0 Å². The van der Waals surface area contributed by atoms with E-state index in [0.717, 1.165) is 12.8 Å². The van der Waals surface area contributed by atoms with Gasteiger partial charge in [-0.1, -0.05) is 23.2 Å². The van der Waals surface area contributed by atoms with E-state index in [0.29, 0.717) is 33.1 Å². The van der Waals surface area contributed by atoms with Crippen molar-refractivity contribution < 1.29 is 4.79 Å². The van der Waals surface area contributed by atoms with E-state index in [1.165, 1.54) is 0 Å². The molecule has 1 aliphatic carbocycles. The number of carbonyl (C=O) groups is 1. The fourth-order valence-corrected chi connectivity index (χ4v) is 2.28. The van der Waals surface area contributed by atoms with Crippen LogP contribution >= 0.6 is 23.2 Å². The molecule has 2 aromatic rings. The molecule has 0 bridgehead atoms. The largest absolute Gasteiger partial charge is 0.348 e. The summed E-state index contributed by atoms with van der Waals surface area (Å²) >= 11 is 12.1. The monoisotopic (exact) mass is 336 g/mol. The maximum Gasteiger partial charge on any atom is 0.270 e. The van der Waals surface area contributed by atoms with E-state index in [4.69, 9.17) is 23.2 Å². The highest BCUT2D eigenvalue weighted by molar-refractivity contribution is 6.35. The van der Waals surface area contributed by atoms with E-state index in [-0.39, 0.29) is 11.9 Å². The van der Waals surface area contributed by atoms with Crippen LogP contribution in [0.5, 0.6) is 0 Å². The Kier molecular flexibility index (Phi) is 4.18. The molecule has 114 valence electrons. The average molecular weight is 337 g/mol. The fraction of sp³-hybridized carbons (Fsp3) is 0.267. The summed E-state index contributed by atoms with van der Waals surface area (Å²) in [5.74, 6) is 0.123. The lowest BCUT2D eigenvalue weighted by Gasteiger charge is -2.10. The zero-order valence-corrected chi connectivity index (χ0v) is 13.4. The molecule has 0 spiro atoms. The summed E-state index contributed by atoms with van der Waals surface area (Å²) in [5.41, 5.74) is 1.62. The maximum atomic E-state index is 12.1. The van der Waals surface area contributed by atoms with Gasteiger partial charge in [0, 0.05) is 16.8 Å². The van der Waals surface area contributed by atoms with Crippen LogP contribution in [0.15, 0.2) is 24.3 Å². The second-order valence-corrected chi connectivity index (χ2v) is 6.06. The first-order valence-corrected chi connectivity index (χ1v) is 7.65. The molecule has 0 atom stereocenters. The number of nitrogens with one attached hydrogen (secondary N) is 2. The van der Waals surface area contributed by atoms with Crippen LogP contribution < -0.4 is 10.6 Å². The van der Waals surface area contributed by atoms with E-state index in [1.54, 1.807) is 31.2 Å². The molecule has 1 saturated carbocycles. The van der Waals surface area contributed by atoms with Gasteiger partial charge in [-0.2, -0.15) is 0 Å². The highest BCUT2D eigenvalue weighted by atomic mass is 35.5. The summed E-state index contributed by atoms with van der Waals surface area (Å²) in [4.78, 5) is 20.6. The van der Waals surface area contributed by atoms with Crippen LogP contribution in [0.1, 0.15) is 29.0 Å². The van der Waals surface area contributed by atoms with Gasteiger partial charge < -0.3 is 10.6 Å². The van der Waals surface area contributed by atoms with Gasteiger partial charge in [0.2, 0.25) is 5.95 Å². The molecule has 7 heteroatoms. The highest BCUT2D eigenvalue weighted by Crippen LogP contribution is 2.27. The lowest BCUT2D eigenvalue weighted by Crippen LogP contribution is -2.26. The SMILES string of the molecule is Cc1cc(C(=O)NC2CC2)nc(Nc2cc(Cl)ccc2Cl)n1. The van der Waals surface area contributed by atoms with Crippen molar-refractivity contribution in [3.63, 3.8) is 0 Å². The van der Waals surface area contributed by atoms with Gasteiger partial charge in [-0.05, 0) is 44.0 Å². The van der Waals surface area contributed by atoms with Gasteiger partial charge in [-0.25, -0.2) is 9.97 Å². The lowest BCUT2D eigenvalue weighted by molar-refractivity contribution is 0.0946. The van der Waals surface area contributed by atoms with Gasteiger partial charge in [-0.15, -0.1) is 0 Å². The minimum absolute atomic E-state index is 0.187. The maximum absolute atomic E-state index is 12.1. The van der Waals surface area contributed by atoms with Crippen molar-refractivity contribution in [2.75, 3.05) is 5.32 Å². The van der Waals surface area contributed by atoms with E-state index in [1.807, 2.05) is 0 Å². The topological polar surface area (TPSA) is 66.9 Å². The Labute approximate surface area is 138 Å². The minimum atomic E-state index is -0.187. The number of aromatic nitrogens is 2. The molecular weight excluding hydrogens is 323 g/mol. The van der Waals surface area contributed by atoms with Crippen LogP contribution in [0.3, 0.4) is 0 Å². The standard InChI is InChI=1S/C15H14Cl2N4O/c1-8-6-13(14(22)19-10-3-4-10)21-15(18-8)20-12-7-9(16)2-5-11(12)17/h2,5-7,10H,3-4H2,1H3,(H,19,22)(H,18,20,21). The predicted molar refractivity (Wildman–Crippen MR) is 87.0 cm³/mol. The summed E-state index contributed by atoms with van der Waals surface area (Å²) in [6.45, 7) is 1.81. The molecule has 2 N–H and O–H groups in total. The first kappa shape index (κ1) is 15.1. The van der Waals surface area contributed by atoms with Crippen LogP contribution in [-0.4, -0.2) is 21.9 Å². The lowest BCUT2D eigenvalue weighted by atomic mass is 10.3. The number of hydrogen-bond acceptors (Lipinski definition) is 4. The predicted octanol–water partition coefficient (Wildman–Crippen LogP) is 3.73. The molecule has 1 fully saturated rings. The highest BCUT2D eigenvalue weighted by Gasteiger charge is 2.24. The van der Waals surface area contributed by atoms with Crippen LogP contribution in [0.25, 0.3) is 0 Å². The summed E-state index contributed by atoms with van der Waals surface area (Å²) in [6.07, 6.45) is 2.05. The van der Waals surface area contributed by atoms with Crippen molar-refractivity contribution in [2.45, 2.75) is 25.8 Å². The number of nitrogens with zero attached hydrogens (tertiary/aromatic N) is 2. The van der Waals surface area contributed by atoms with Gasteiger partial charge in [0.25, 0.3) is 5.91 Å². The van der Waals surface area contributed by atoms with Crippen molar-refractivity contribution in [3.05, 3.63) is 45.7 Å². The van der Waals surface area contributed by atoms with Crippen LogP contribution in [0, 0.1) is 6.92 Å². The summed E-state index contributed by atoms with van der Waals surface area (Å²) in [7, 11) is 0. The first-order chi connectivity index (χ1) is 10.5. The van der Waals surface area contributed by atoms with Crippen molar-refractivity contribution in [1.29, 1.82) is 0 Å². The molecule has 1 aromatic heterocycles. The molecule has 0 unspecified atom stereocenters. The van der Waals surface area contributed by atoms with Crippen LogP contribution in [0.4, 0.5) is 11.6 Å². The van der Waals surface area contributed by atoms with Gasteiger partial charge in [0.05, 0.1) is 10.7 Å². The number of carbonyl (C=O) groups excluding carboxylic acids is 1. The van der Waals surface area contributed by atoms with E-state index in [9.17, 15) is 4.79 Å². The molecule has 0 radical (unpaired) electrons. The summed E-state index contributed by atoms with van der Waals surface area (Å²) in [5, 5.41) is 6.95. The van der Waals surface area contributed by atoms with Gasteiger partial charge in [0.1, 0.15) is 5.69 Å². The molecule has 1 amide bonds. The number of aryl methyl sites for hydroxylation is 1. The molecule has 1 heterocycles. The Morgan fingerprint density at radius 2 is 2.00 bits per heavy atom. The van der Waals surface area contributed by atoms with Crippen LogP contribution in [-0.2, 0) is 0 Å². The normalized spacial score (nSPS) is 13.8. The summed E-state index contributed by atoms with van der Waals surface area (Å²) < 4.78 is 0. The number of benzene rings is 1. The third-order valence-electron chi connectivity index (χ3n) is 3.17. The van der Waals surface area contributed by atoms with Gasteiger partial charge in [0.15, 0.2) is 0 Å². The number of rotatable bonds is 4. The molecule has 1 aromatic carbocycles. The van der Waals surface area contributed by atoms with E-state index >= 15 is 0 Å². The Balaban J connectivity index is 1.85. The zero-order valence-electron chi connectivity index (χ0n) is 11.9. The average Bonchev–Trinajstić information content (AvgIpc) is 3.26. The molecule has 5 nitrogen and oxygen atoms in total. The zero-order chi connectivity index (χ0) is 15.7. The molecular formula is C15H14Cl2N4O. The van der Waals surface area contributed by atoms with Crippen LogP contribution in [0.2, 0.25) is 10.0 Å². The number of amides is 1. The smallest absolute Gasteiger partial charge is 0.270 e. The third-order valence-corrected chi connectivity index (χ3v) is 3.74. The second kappa shape index (κ2) is 6.10. The van der Waals surface area contributed by atoms with Gasteiger partial charge in [-0.3, -0.25) is 4.79 Å². The third kappa shape index (κ3) is 3.67. The molecule has 1 aliphatic rings. The van der Waals surface area contributed by atoms with Crippen molar-refractivity contribution in [2.24, 2.45) is 0 Å². The fourth-order valence-electron chi connectivity index (χ4n) is 1.94. The van der Waals surface area contributed by atoms with Gasteiger partial charge >= 0.3 is 0 Å². The summed E-state index contributed by atoms with van der Waals surface area (Å²) in [6, 6.07) is 6.99. The quantitative estimate of drug-likeness (QED) is 0.892. The molecule has 0 aliphatic heterocycles. The van der Waals surface area contributed by atoms with Crippen molar-refractivity contribution >= 4 is 40.7 Å². The molecule has 0 saturated heterocycles.